The van der Waals surface area contributed by atoms with E-state index in [1.807, 2.05) is 13.0 Å². The number of aromatic nitrogens is 4. The van der Waals surface area contributed by atoms with Crippen LogP contribution < -0.4 is 58.5 Å². The molecule has 4 aliphatic rings. The Kier molecular flexibility index (Phi) is 22.5. The van der Waals surface area contributed by atoms with Gasteiger partial charge in [0.1, 0.15) is 53.2 Å². The van der Waals surface area contributed by atoms with Crippen molar-refractivity contribution in [2.24, 2.45) is 14.1 Å². The predicted octanol–water partition coefficient (Wildman–Crippen LogP) is 0.822. The molecule has 4 aromatic heterocycles. The summed E-state index contributed by atoms with van der Waals surface area (Å²) in [4.78, 5) is 169. The maximum Gasteiger partial charge on any atom is 0.296 e. The first-order chi connectivity index (χ1) is 42.5. The Morgan fingerprint density at radius 2 is 1.10 bits per heavy atom. The number of nitrogens with zero attached hydrogens (tertiary/aromatic N) is 6. The Morgan fingerprint density at radius 1 is 0.545 bits per heavy atom. The number of nitrogens with one attached hydrogen (secondary N) is 5. The third-order valence-corrected chi connectivity index (χ3v) is 14.7. The van der Waals surface area contributed by atoms with Crippen LogP contribution in [0.5, 0.6) is 0 Å². The molecular weight excluding hydrogens is 1140 g/mol. The van der Waals surface area contributed by atoms with Crippen molar-refractivity contribution in [1.82, 2.24) is 55.0 Å². The lowest BCUT2D eigenvalue weighted by Gasteiger charge is -2.28. The van der Waals surface area contributed by atoms with Crippen molar-refractivity contribution < 1.29 is 52.7 Å². The molecule has 10 rings (SSSR count). The van der Waals surface area contributed by atoms with Gasteiger partial charge in [0.2, 0.25) is 5.91 Å². The van der Waals surface area contributed by atoms with E-state index in [9.17, 15) is 52.7 Å². The van der Waals surface area contributed by atoms with Crippen molar-refractivity contribution >= 4 is 41.4 Å². The van der Waals surface area contributed by atoms with Crippen molar-refractivity contribution in [3.05, 3.63) is 208 Å². The van der Waals surface area contributed by atoms with Crippen molar-refractivity contribution in [3.8, 4) is 0 Å². The van der Waals surface area contributed by atoms with Gasteiger partial charge in [0, 0.05) is 72.1 Å². The lowest BCUT2D eigenvalue weighted by Crippen LogP contribution is -2.53. The van der Waals surface area contributed by atoms with Crippen LogP contribution in [0.4, 0.5) is 0 Å². The van der Waals surface area contributed by atoms with Gasteiger partial charge in [-0.3, -0.25) is 52.7 Å². The summed E-state index contributed by atoms with van der Waals surface area (Å²) in [6.45, 7) is 1.85. The number of ether oxygens (including phenoxy) is 2. The highest BCUT2D eigenvalue weighted by molar-refractivity contribution is 5.99. The molecule has 5 N–H and O–H groups in total. The second kappa shape index (κ2) is 30.9. The normalized spacial score (nSPS) is 17.4. The second-order valence-electron chi connectivity index (χ2n) is 20.9. The van der Waals surface area contributed by atoms with Crippen LogP contribution >= 0.6 is 0 Å². The molecule has 88 heavy (non-hydrogen) atoms. The van der Waals surface area contributed by atoms with Crippen LogP contribution in [0.3, 0.4) is 0 Å². The first-order valence-corrected chi connectivity index (χ1v) is 29.0. The molecule has 26 nitrogen and oxygen atoms in total. The van der Waals surface area contributed by atoms with Gasteiger partial charge in [-0.1, -0.05) is 79.7 Å². The molecular formula is C62H71N11O15. The molecule has 0 saturated carbocycles. The fourth-order valence-electron chi connectivity index (χ4n) is 9.85. The fourth-order valence-corrected chi connectivity index (χ4v) is 9.85. The van der Waals surface area contributed by atoms with Gasteiger partial charge in [-0.25, -0.2) is 0 Å². The first kappa shape index (κ1) is 64.1. The van der Waals surface area contributed by atoms with E-state index >= 15 is 0 Å². The lowest BCUT2D eigenvalue weighted by molar-refractivity contribution is -0.123. The molecule has 1 unspecified atom stereocenters. The zero-order valence-corrected chi connectivity index (χ0v) is 49.1. The molecule has 8 heterocycles. The number of hydrogen-bond acceptors (Lipinski definition) is 15. The van der Waals surface area contributed by atoms with Gasteiger partial charge in [-0.05, 0) is 79.6 Å². The number of carbonyl (C=O) groups is 7. The third-order valence-electron chi connectivity index (χ3n) is 14.7. The van der Waals surface area contributed by atoms with Crippen LogP contribution in [0, 0.1) is 0 Å². The summed E-state index contributed by atoms with van der Waals surface area (Å²) in [5, 5.41) is 13.7. The van der Waals surface area contributed by atoms with Gasteiger partial charge in [0.25, 0.3) is 57.7 Å². The summed E-state index contributed by atoms with van der Waals surface area (Å²) >= 11 is 0. The first-order valence-electron chi connectivity index (χ1n) is 29.0. The van der Waals surface area contributed by atoms with Gasteiger partial charge >= 0.3 is 0 Å². The SMILES string of the molecule is CCCOCCNC(=O)C1CCN(C(=O)c2cccc(=O)n2C)CCCCN(C(=O)c2cccc(=O)n2OCc2ccccc2)CCCNC(=O)c2ccc(c(=O)n2C)C(=O)N[C@@H]2COC[C@@H]2NC(=O)c2ccc(n(OCc3ccccc3)c2=O)C(=O)N1. The van der Waals surface area contributed by atoms with Crippen molar-refractivity contribution in [2.75, 3.05) is 65.7 Å². The number of amides is 7. The summed E-state index contributed by atoms with van der Waals surface area (Å²) in [6.07, 6.45) is 1.12. The largest absolute Gasteiger partial charge is 0.405 e. The van der Waals surface area contributed by atoms with Crippen molar-refractivity contribution in [2.45, 2.75) is 70.4 Å². The van der Waals surface area contributed by atoms with E-state index in [0.29, 0.717) is 16.9 Å². The Morgan fingerprint density at radius 3 is 1.74 bits per heavy atom. The molecule has 4 aliphatic heterocycles. The molecule has 4 bridgehead atoms. The molecule has 6 aromatic rings. The summed E-state index contributed by atoms with van der Waals surface area (Å²) < 4.78 is 15.0. The monoisotopic (exact) mass is 1210 g/mol. The number of hydrogen-bond donors (Lipinski definition) is 5. The number of pyridine rings is 4. The summed E-state index contributed by atoms with van der Waals surface area (Å²) in [5.74, 6) is -5.29. The molecule has 0 spiro atoms. The van der Waals surface area contributed by atoms with Gasteiger partial charge in [-0.15, -0.1) is 9.46 Å². The summed E-state index contributed by atoms with van der Waals surface area (Å²) in [6, 6.07) is 27.5. The van der Waals surface area contributed by atoms with E-state index in [1.165, 1.54) is 83.1 Å². The Bertz CT molecular complexity index is 3730. The van der Waals surface area contributed by atoms with Crippen LogP contribution in [0.1, 0.15) is 113 Å². The number of rotatable bonds is 14. The molecule has 2 aromatic carbocycles. The van der Waals surface area contributed by atoms with Crippen LogP contribution in [-0.4, -0.2) is 154 Å². The molecule has 3 atom stereocenters. The van der Waals surface area contributed by atoms with E-state index < -0.39 is 93.0 Å². The fraction of sp³-hybridized carbons (Fsp3) is 0.371. The Labute approximate surface area is 505 Å². The van der Waals surface area contributed by atoms with E-state index in [-0.39, 0.29) is 121 Å². The maximum absolute atomic E-state index is 14.7. The smallest absolute Gasteiger partial charge is 0.296 e. The van der Waals surface area contributed by atoms with Gasteiger partial charge in [0.05, 0.1) is 31.9 Å². The highest BCUT2D eigenvalue weighted by atomic mass is 16.7. The minimum Gasteiger partial charge on any atom is -0.405 e. The maximum atomic E-state index is 14.7. The van der Waals surface area contributed by atoms with Gasteiger partial charge in [-0.2, -0.15) is 0 Å². The highest BCUT2D eigenvalue weighted by Crippen LogP contribution is 2.14. The predicted molar refractivity (Wildman–Crippen MR) is 320 cm³/mol. The number of fused-ring (bicyclic) bond motifs is 2. The minimum atomic E-state index is -1.40. The van der Waals surface area contributed by atoms with E-state index in [1.54, 1.807) is 54.6 Å². The molecule has 1 fully saturated rings. The van der Waals surface area contributed by atoms with E-state index in [2.05, 4.69) is 26.6 Å². The molecule has 1 saturated heterocycles. The third kappa shape index (κ3) is 16.3. The Hall–Kier alpha value is -9.95. The quantitative estimate of drug-likeness (QED) is 0.0944. The minimum absolute atomic E-state index is 0.00637. The second-order valence-corrected chi connectivity index (χ2v) is 20.9. The zero-order valence-electron chi connectivity index (χ0n) is 49.1. The number of benzene rings is 2. The molecule has 7 amide bonds. The van der Waals surface area contributed by atoms with Gasteiger partial charge < -0.3 is 64.7 Å². The van der Waals surface area contributed by atoms with Crippen molar-refractivity contribution in [1.29, 1.82) is 0 Å². The van der Waals surface area contributed by atoms with E-state index in [4.69, 9.17) is 19.1 Å². The molecule has 26 heteroatoms. The lowest BCUT2D eigenvalue weighted by atomic mass is 10.1. The summed E-state index contributed by atoms with van der Waals surface area (Å²) in [7, 11) is 2.76. The summed E-state index contributed by atoms with van der Waals surface area (Å²) in [5.41, 5.74) is -3.04. The molecule has 0 radical (unpaired) electrons. The van der Waals surface area contributed by atoms with Crippen LogP contribution in [0.2, 0.25) is 0 Å². The van der Waals surface area contributed by atoms with Gasteiger partial charge in [0.15, 0.2) is 0 Å². The van der Waals surface area contributed by atoms with Crippen LogP contribution in [0.15, 0.2) is 141 Å². The van der Waals surface area contributed by atoms with Crippen LogP contribution in [0.25, 0.3) is 0 Å². The topological polar surface area (TPSA) is 311 Å². The Balaban J connectivity index is 1.15. The van der Waals surface area contributed by atoms with Crippen molar-refractivity contribution in [3.63, 3.8) is 0 Å². The van der Waals surface area contributed by atoms with Crippen LogP contribution in [-0.2, 0) is 41.6 Å². The zero-order chi connectivity index (χ0) is 62.7. The number of carbonyl (C=O) groups excluding carboxylic acids is 7. The average Bonchev–Trinajstić information content (AvgIpc) is 3.32. The standard InChI is InChI=1S/C62H71N11O15/c1-4-35-85-36-30-64-56(78)45-28-34-71(61(83)50-20-13-22-52(74)68(50)2)32-12-11-31-70(62(84)51-21-14-23-53(75)72(51)87-37-41-16-7-5-8-17-41)33-15-29-63-57(79)48-26-24-43(59(81)69(48)3)54(76)66-46-39-86-40-47(46)67-55(77)44-25-27-49(58(80)65-45)73(60(44)82)88-38-42-18-9-6-10-19-42/h5-10,13-14,16-27,45-47H,4,11-12,15,28-40H2,1-3H3,(H,63,79)(H,64,78)(H,65,80)(H,66,76)(H,67,77)/t45?,46-,47+/m1/s1. The average molecular weight is 1210 g/mol. The highest BCUT2D eigenvalue weighted by Gasteiger charge is 2.34. The van der Waals surface area contributed by atoms with E-state index in [0.717, 1.165) is 27.3 Å². The molecule has 0 aliphatic carbocycles. The molecule has 464 valence electrons.